The fourth-order valence-electron chi connectivity index (χ4n) is 1.76. The number of nitrogens with two attached hydrogens (primary N) is 1. The van der Waals surface area contributed by atoms with Crippen molar-refractivity contribution in [2.45, 2.75) is 32.1 Å². The molecule has 17 heavy (non-hydrogen) atoms. The van der Waals surface area contributed by atoms with Gasteiger partial charge in [0, 0.05) is 13.1 Å². The van der Waals surface area contributed by atoms with Crippen LogP contribution in [0.2, 0.25) is 0 Å². The van der Waals surface area contributed by atoms with E-state index >= 15 is 0 Å². The summed E-state index contributed by atoms with van der Waals surface area (Å²) in [5.41, 5.74) is 5.87. The summed E-state index contributed by atoms with van der Waals surface area (Å²) in [5.74, 6) is 0.318. The molecule has 0 aromatic carbocycles. The van der Waals surface area contributed by atoms with E-state index in [1.54, 1.807) is 0 Å². The molecule has 100 valence electrons. The topological polar surface area (TPSA) is 67.9 Å². The second-order valence-electron chi connectivity index (χ2n) is 3.97. The van der Waals surface area contributed by atoms with Crippen LogP contribution in [0.4, 0.5) is 0 Å². The third-order valence-electron chi connectivity index (χ3n) is 2.75. The molecule has 0 unspecified atom stereocenters. The molecule has 0 spiro atoms. The summed E-state index contributed by atoms with van der Waals surface area (Å²) in [6.45, 7) is 2.37. The Bertz CT molecular complexity index is 251. The minimum absolute atomic E-state index is 0. The smallest absolute Gasteiger partial charge is 0.307 e. The quantitative estimate of drug-likeness (QED) is 0.359. The highest BCUT2D eigenvalue weighted by atomic mass is 127. The van der Waals surface area contributed by atoms with Gasteiger partial charge in [-0.1, -0.05) is 12.8 Å². The van der Waals surface area contributed by atoms with Crippen molar-refractivity contribution < 1.29 is 9.53 Å². The number of guanidine groups is 1. The summed E-state index contributed by atoms with van der Waals surface area (Å²) in [5, 5.41) is 0. The van der Waals surface area contributed by atoms with Gasteiger partial charge in [-0.2, -0.15) is 0 Å². The summed E-state index contributed by atoms with van der Waals surface area (Å²) in [6.07, 6.45) is 5.18. The van der Waals surface area contributed by atoms with Crippen molar-refractivity contribution in [3.8, 4) is 0 Å². The van der Waals surface area contributed by atoms with Gasteiger partial charge in [0.1, 0.15) is 0 Å². The number of hydrogen-bond donors (Lipinski definition) is 1. The lowest BCUT2D eigenvalue weighted by molar-refractivity contribution is -0.140. The number of likely N-dealkylation sites (tertiary alicyclic amines) is 1. The van der Waals surface area contributed by atoms with Crippen LogP contribution >= 0.6 is 24.0 Å². The molecule has 1 heterocycles. The fourth-order valence-corrected chi connectivity index (χ4v) is 1.76. The zero-order valence-electron chi connectivity index (χ0n) is 10.4. The Labute approximate surface area is 120 Å². The third-order valence-corrected chi connectivity index (χ3v) is 2.75. The summed E-state index contributed by atoms with van der Waals surface area (Å²) >= 11 is 0. The Morgan fingerprint density at radius 2 is 1.88 bits per heavy atom. The highest BCUT2D eigenvalue weighted by Crippen LogP contribution is 2.09. The number of aliphatic imine (C=N–C) groups is 1. The average molecular weight is 355 g/mol. The lowest BCUT2D eigenvalue weighted by Gasteiger charge is -2.20. The van der Waals surface area contributed by atoms with Gasteiger partial charge in [0.2, 0.25) is 0 Å². The van der Waals surface area contributed by atoms with E-state index < -0.39 is 0 Å². The van der Waals surface area contributed by atoms with E-state index in [-0.39, 0.29) is 29.9 Å². The third kappa shape index (κ3) is 6.70. The lowest BCUT2D eigenvalue weighted by atomic mass is 10.2. The van der Waals surface area contributed by atoms with E-state index in [9.17, 15) is 4.79 Å². The molecule has 5 nitrogen and oxygen atoms in total. The summed E-state index contributed by atoms with van der Waals surface area (Å²) in [4.78, 5) is 17.2. The zero-order chi connectivity index (χ0) is 11.8. The van der Waals surface area contributed by atoms with Crippen LogP contribution in [0.15, 0.2) is 4.99 Å². The minimum atomic E-state index is -0.243. The molecule has 2 N–H and O–H groups in total. The summed E-state index contributed by atoms with van der Waals surface area (Å²) in [7, 11) is 1.38. The first-order valence-electron chi connectivity index (χ1n) is 5.85. The van der Waals surface area contributed by atoms with Crippen molar-refractivity contribution in [2.75, 3.05) is 26.7 Å². The maximum Gasteiger partial charge on any atom is 0.307 e. The van der Waals surface area contributed by atoms with E-state index in [1.807, 2.05) is 0 Å². The van der Waals surface area contributed by atoms with Crippen molar-refractivity contribution in [1.82, 2.24) is 4.90 Å². The Hall–Kier alpha value is -0.530. The van der Waals surface area contributed by atoms with Crippen LogP contribution in [0.5, 0.6) is 0 Å². The summed E-state index contributed by atoms with van der Waals surface area (Å²) < 4.78 is 4.53. The molecule has 0 radical (unpaired) electrons. The van der Waals surface area contributed by atoms with Gasteiger partial charge >= 0.3 is 5.97 Å². The molecule has 1 aliphatic rings. The van der Waals surface area contributed by atoms with Gasteiger partial charge in [0.05, 0.1) is 20.1 Å². The van der Waals surface area contributed by atoms with Crippen LogP contribution < -0.4 is 5.73 Å². The van der Waals surface area contributed by atoms with E-state index in [0.717, 1.165) is 13.1 Å². The maximum absolute atomic E-state index is 10.9. The number of hydrogen-bond acceptors (Lipinski definition) is 3. The molecule has 1 rings (SSSR count). The molecule has 6 heteroatoms. The van der Waals surface area contributed by atoms with Crippen molar-refractivity contribution >= 4 is 35.9 Å². The molecule has 1 fully saturated rings. The maximum atomic E-state index is 10.9. The van der Waals surface area contributed by atoms with Gasteiger partial charge in [-0.05, 0) is 12.8 Å². The number of carbonyl (C=O) groups excluding carboxylic acids is 1. The Balaban J connectivity index is 0.00000256. The number of halogens is 1. The molecular formula is C11H22IN3O2. The summed E-state index contributed by atoms with van der Waals surface area (Å²) in [6, 6.07) is 0. The molecule has 0 aliphatic carbocycles. The Kier molecular flexibility index (Phi) is 9.20. The van der Waals surface area contributed by atoms with Crippen LogP contribution in [0.3, 0.4) is 0 Å². The molecule has 0 atom stereocenters. The zero-order valence-corrected chi connectivity index (χ0v) is 12.7. The second kappa shape index (κ2) is 9.49. The first kappa shape index (κ1) is 16.5. The van der Waals surface area contributed by atoms with E-state index in [2.05, 4.69) is 14.6 Å². The lowest BCUT2D eigenvalue weighted by Crippen LogP contribution is -2.38. The van der Waals surface area contributed by atoms with E-state index in [0.29, 0.717) is 18.9 Å². The molecule has 0 aromatic rings. The SMILES string of the molecule is COC(=O)CCN=C(N)N1CCCCCC1.I. The van der Waals surface area contributed by atoms with Crippen LogP contribution in [-0.2, 0) is 9.53 Å². The molecule has 1 saturated heterocycles. The normalized spacial score (nSPS) is 17.0. The van der Waals surface area contributed by atoms with Crippen LogP contribution in [0, 0.1) is 0 Å². The molecule has 0 saturated carbocycles. The number of carbonyl (C=O) groups is 1. The van der Waals surface area contributed by atoms with E-state index in [4.69, 9.17) is 5.73 Å². The van der Waals surface area contributed by atoms with Crippen molar-refractivity contribution in [2.24, 2.45) is 10.7 Å². The van der Waals surface area contributed by atoms with Gasteiger partial charge in [-0.3, -0.25) is 9.79 Å². The number of esters is 1. The van der Waals surface area contributed by atoms with Crippen LogP contribution in [0.25, 0.3) is 0 Å². The van der Waals surface area contributed by atoms with Crippen molar-refractivity contribution in [3.05, 3.63) is 0 Å². The minimum Gasteiger partial charge on any atom is -0.469 e. The second-order valence-corrected chi connectivity index (χ2v) is 3.97. The first-order valence-corrected chi connectivity index (χ1v) is 5.85. The molecule has 0 aromatic heterocycles. The standard InChI is InChI=1S/C11H21N3O2.HI/c1-16-10(15)6-7-13-11(12)14-8-4-2-3-5-9-14;/h2-9H2,1H3,(H2,12,13);1H. The van der Waals surface area contributed by atoms with Gasteiger partial charge in [0.15, 0.2) is 5.96 Å². The molecule has 0 amide bonds. The number of methoxy groups -OCH3 is 1. The van der Waals surface area contributed by atoms with Crippen molar-refractivity contribution in [3.63, 3.8) is 0 Å². The number of rotatable bonds is 3. The number of ether oxygens (including phenoxy) is 1. The van der Waals surface area contributed by atoms with E-state index in [1.165, 1.54) is 32.8 Å². The monoisotopic (exact) mass is 355 g/mol. The Morgan fingerprint density at radius 1 is 1.29 bits per heavy atom. The molecule has 0 bridgehead atoms. The van der Waals surface area contributed by atoms with Crippen LogP contribution in [-0.4, -0.2) is 43.6 Å². The Morgan fingerprint density at radius 3 is 2.41 bits per heavy atom. The fraction of sp³-hybridized carbons (Fsp3) is 0.818. The number of nitrogens with zero attached hydrogens (tertiary/aromatic N) is 2. The van der Waals surface area contributed by atoms with Gasteiger partial charge in [-0.25, -0.2) is 0 Å². The van der Waals surface area contributed by atoms with Crippen LogP contribution in [0.1, 0.15) is 32.1 Å². The predicted octanol–water partition coefficient (Wildman–Crippen LogP) is 1.36. The van der Waals surface area contributed by atoms with Gasteiger partial charge < -0.3 is 15.4 Å². The molecular weight excluding hydrogens is 333 g/mol. The van der Waals surface area contributed by atoms with Gasteiger partial charge in [0.25, 0.3) is 0 Å². The largest absolute Gasteiger partial charge is 0.469 e. The molecule has 1 aliphatic heterocycles. The predicted molar refractivity (Wildman–Crippen MR) is 78.6 cm³/mol. The first-order chi connectivity index (χ1) is 7.74. The van der Waals surface area contributed by atoms with Crippen molar-refractivity contribution in [1.29, 1.82) is 0 Å². The highest BCUT2D eigenvalue weighted by Gasteiger charge is 2.10. The highest BCUT2D eigenvalue weighted by molar-refractivity contribution is 14.0. The van der Waals surface area contributed by atoms with Gasteiger partial charge in [-0.15, -0.1) is 24.0 Å². The average Bonchev–Trinajstić information content (AvgIpc) is 2.57.